The lowest BCUT2D eigenvalue weighted by Gasteiger charge is -2.23. The first-order valence-electron chi connectivity index (χ1n) is 8.33. The van der Waals surface area contributed by atoms with Crippen molar-refractivity contribution < 1.29 is 0 Å². The van der Waals surface area contributed by atoms with Crippen LogP contribution in [-0.2, 0) is 6.54 Å². The summed E-state index contributed by atoms with van der Waals surface area (Å²) in [4.78, 5) is 0. The van der Waals surface area contributed by atoms with Crippen LogP contribution in [0.2, 0.25) is 0 Å². The molecule has 1 aliphatic heterocycles. The molecule has 0 bridgehead atoms. The van der Waals surface area contributed by atoms with Crippen molar-refractivity contribution in [2.75, 3.05) is 16.6 Å². The van der Waals surface area contributed by atoms with Gasteiger partial charge in [0.25, 0.3) is 0 Å². The lowest BCUT2D eigenvalue weighted by atomic mass is 10.2. The molecule has 0 fully saturated rings. The number of rotatable bonds is 7. The van der Waals surface area contributed by atoms with Gasteiger partial charge in [-0.3, -0.25) is 10.0 Å². The molecule has 0 aliphatic carbocycles. The van der Waals surface area contributed by atoms with Crippen LogP contribution in [0.4, 0.5) is 11.4 Å². The maximum atomic E-state index is 3.55. The fourth-order valence-corrected chi connectivity index (χ4v) is 2.93. The number of hydrogen-bond acceptors (Lipinski definition) is 3. The Morgan fingerprint density at radius 2 is 1.45 bits per heavy atom. The Morgan fingerprint density at radius 1 is 0.773 bits per heavy atom. The van der Waals surface area contributed by atoms with Crippen molar-refractivity contribution in [3.8, 4) is 0 Å². The minimum absolute atomic E-state index is 0.878. The van der Waals surface area contributed by atoms with Gasteiger partial charge in [0.1, 0.15) is 0 Å². The predicted molar refractivity (Wildman–Crippen MR) is 93.7 cm³/mol. The van der Waals surface area contributed by atoms with Crippen LogP contribution in [-0.4, -0.2) is 6.54 Å². The quantitative estimate of drug-likeness (QED) is 0.758. The molecule has 0 amide bonds. The van der Waals surface area contributed by atoms with Gasteiger partial charge in [-0.25, -0.2) is 0 Å². The van der Waals surface area contributed by atoms with Gasteiger partial charge < -0.3 is 0 Å². The zero-order valence-electron chi connectivity index (χ0n) is 13.3. The Bertz CT molecular complexity index is 582. The number of benzene rings is 2. The molecule has 116 valence electrons. The first-order valence-corrected chi connectivity index (χ1v) is 8.33. The largest absolute Gasteiger partial charge is 0.289 e. The zero-order valence-corrected chi connectivity index (χ0v) is 13.3. The van der Waals surface area contributed by atoms with Crippen LogP contribution in [0.1, 0.15) is 38.2 Å². The molecular formula is C19H25N3. The second kappa shape index (κ2) is 7.32. The number of hydrazine groups is 2. The van der Waals surface area contributed by atoms with Crippen LogP contribution < -0.4 is 15.6 Å². The number of hydrogen-bond donors (Lipinski definition) is 1. The minimum atomic E-state index is 0.878. The van der Waals surface area contributed by atoms with Gasteiger partial charge >= 0.3 is 0 Å². The minimum Gasteiger partial charge on any atom is -0.289 e. The molecule has 1 heterocycles. The summed E-state index contributed by atoms with van der Waals surface area (Å²) in [5.74, 6) is 0. The third kappa shape index (κ3) is 3.42. The third-order valence-electron chi connectivity index (χ3n) is 4.12. The van der Waals surface area contributed by atoms with Crippen LogP contribution in [0.15, 0.2) is 54.6 Å². The Hall–Kier alpha value is -2.00. The number of unbranched alkanes of at least 4 members (excludes halogenated alkanes) is 3. The molecular weight excluding hydrogens is 270 g/mol. The second-order valence-corrected chi connectivity index (χ2v) is 5.87. The molecule has 0 unspecified atom stereocenters. The van der Waals surface area contributed by atoms with Gasteiger partial charge in [-0.1, -0.05) is 68.7 Å². The van der Waals surface area contributed by atoms with Crippen molar-refractivity contribution in [1.82, 2.24) is 5.53 Å². The SMILES string of the molecule is CCCCCCN1NN(Cc2ccccc2)c2ccccc21. The van der Waals surface area contributed by atoms with Crippen LogP contribution in [0.3, 0.4) is 0 Å². The average molecular weight is 295 g/mol. The lowest BCUT2D eigenvalue weighted by Crippen LogP contribution is -2.44. The summed E-state index contributed by atoms with van der Waals surface area (Å²) in [6, 6.07) is 19.2. The molecule has 0 saturated heterocycles. The number of nitrogens with one attached hydrogen (secondary N) is 1. The second-order valence-electron chi connectivity index (χ2n) is 5.87. The van der Waals surface area contributed by atoms with Crippen molar-refractivity contribution in [1.29, 1.82) is 0 Å². The number of anilines is 2. The van der Waals surface area contributed by atoms with Crippen LogP contribution in [0.25, 0.3) is 0 Å². The highest BCUT2D eigenvalue weighted by Gasteiger charge is 2.24. The van der Waals surface area contributed by atoms with Crippen molar-refractivity contribution in [3.05, 3.63) is 60.2 Å². The fraction of sp³-hybridized carbons (Fsp3) is 0.368. The van der Waals surface area contributed by atoms with E-state index < -0.39 is 0 Å². The van der Waals surface area contributed by atoms with Gasteiger partial charge in [0.05, 0.1) is 17.9 Å². The first kappa shape index (κ1) is 14.9. The number of fused-ring (bicyclic) bond motifs is 1. The number of para-hydroxylation sites is 2. The standard InChI is InChI=1S/C19H25N3/c1-2-3-4-10-15-21-18-13-8-9-14-19(18)22(20-21)16-17-11-6-5-7-12-17/h5-9,11-14,20H,2-4,10,15-16H2,1H3. The van der Waals surface area contributed by atoms with Gasteiger partial charge in [0, 0.05) is 6.54 Å². The molecule has 2 aromatic carbocycles. The fourth-order valence-electron chi connectivity index (χ4n) is 2.93. The molecule has 3 heteroatoms. The molecule has 1 aliphatic rings. The van der Waals surface area contributed by atoms with E-state index in [1.807, 2.05) is 0 Å². The van der Waals surface area contributed by atoms with E-state index in [-0.39, 0.29) is 0 Å². The molecule has 3 nitrogen and oxygen atoms in total. The summed E-state index contributed by atoms with van der Waals surface area (Å²) in [6.07, 6.45) is 5.14. The van der Waals surface area contributed by atoms with Crippen molar-refractivity contribution in [3.63, 3.8) is 0 Å². The van der Waals surface area contributed by atoms with E-state index in [0.29, 0.717) is 0 Å². The Balaban J connectivity index is 1.68. The summed E-state index contributed by atoms with van der Waals surface area (Å²) in [5.41, 5.74) is 7.42. The summed E-state index contributed by atoms with van der Waals surface area (Å²) in [6.45, 7) is 4.19. The Labute approximate surface area is 133 Å². The summed E-state index contributed by atoms with van der Waals surface area (Å²) in [7, 11) is 0. The van der Waals surface area contributed by atoms with E-state index in [0.717, 1.165) is 13.1 Å². The van der Waals surface area contributed by atoms with Crippen molar-refractivity contribution in [2.24, 2.45) is 0 Å². The topological polar surface area (TPSA) is 18.5 Å². The summed E-state index contributed by atoms with van der Waals surface area (Å²) >= 11 is 0. The highest BCUT2D eigenvalue weighted by atomic mass is 15.8. The maximum absolute atomic E-state index is 3.55. The highest BCUT2D eigenvalue weighted by molar-refractivity contribution is 5.74. The molecule has 0 spiro atoms. The van der Waals surface area contributed by atoms with Crippen molar-refractivity contribution in [2.45, 2.75) is 39.2 Å². The zero-order chi connectivity index (χ0) is 15.2. The van der Waals surface area contributed by atoms with Crippen LogP contribution >= 0.6 is 0 Å². The Kier molecular flexibility index (Phi) is 4.96. The van der Waals surface area contributed by atoms with E-state index in [9.17, 15) is 0 Å². The number of nitrogens with zero attached hydrogens (tertiary/aromatic N) is 2. The van der Waals surface area contributed by atoms with Gasteiger partial charge in [-0.2, -0.15) is 0 Å². The highest BCUT2D eigenvalue weighted by Crippen LogP contribution is 2.33. The van der Waals surface area contributed by atoms with Gasteiger partial charge in [0.2, 0.25) is 0 Å². The van der Waals surface area contributed by atoms with Gasteiger partial charge in [-0.15, -0.1) is 5.53 Å². The van der Waals surface area contributed by atoms with Gasteiger partial charge in [-0.05, 0) is 24.1 Å². The molecule has 0 radical (unpaired) electrons. The average Bonchev–Trinajstić information content (AvgIpc) is 2.91. The summed E-state index contributed by atoms with van der Waals surface area (Å²) in [5, 5.41) is 4.53. The van der Waals surface area contributed by atoms with E-state index >= 15 is 0 Å². The predicted octanol–water partition coefficient (Wildman–Crippen LogP) is 4.51. The maximum Gasteiger partial charge on any atom is 0.0789 e. The third-order valence-corrected chi connectivity index (χ3v) is 4.12. The molecule has 1 N–H and O–H groups in total. The smallest absolute Gasteiger partial charge is 0.0789 e. The molecule has 0 atom stereocenters. The van der Waals surface area contributed by atoms with E-state index in [1.54, 1.807) is 0 Å². The van der Waals surface area contributed by atoms with Crippen molar-refractivity contribution >= 4 is 11.4 Å². The molecule has 0 saturated carbocycles. The summed E-state index contributed by atoms with van der Waals surface area (Å²) < 4.78 is 0. The van der Waals surface area contributed by atoms with E-state index in [1.165, 1.54) is 42.6 Å². The molecule has 22 heavy (non-hydrogen) atoms. The van der Waals surface area contributed by atoms with E-state index in [4.69, 9.17) is 0 Å². The van der Waals surface area contributed by atoms with Crippen LogP contribution in [0.5, 0.6) is 0 Å². The molecule has 0 aromatic heterocycles. The lowest BCUT2D eigenvalue weighted by molar-refractivity contribution is 0.573. The normalized spacial score (nSPS) is 13.5. The van der Waals surface area contributed by atoms with Gasteiger partial charge in [0.15, 0.2) is 0 Å². The first-order chi connectivity index (χ1) is 10.9. The van der Waals surface area contributed by atoms with Crippen LogP contribution in [0, 0.1) is 0 Å². The van der Waals surface area contributed by atoms with E-state index in [2.05, 4.69) is 77.1 Å². The Morgan fingerprint density at radius 3 is 2.18 bits per heavy atom. The molecule has 2 aromatic rings. The monoisotopic (exact) mass is 295 g/mol. The molecule has 3 rings (SSSR count).